The van der Waals surface area contributed by atoms with Crippen LogP contribution in [0.1, 0.15) is 5.56 Å². The fourth-order valence-electron chi connectivity index (χ4n) is 1.38. The highest BCUT2D eigenvalue weighted by atomic mass is 32.2. The van der Waals surface area contributed by atoms with E-state index in [1.165, 1.54) is 11.1 Å². The Morgan fingerprint density at radius 1 is 1.29 bits per heavy atom. The molecule has 0 saturated carbocycles. The van der Waals surface area contributed by atoms with Crippen molar-refractivity contribution >= 4 is 23.9 Å². The molecular formula is C11H12N2S. The molecule has 1 heterocycles. The van der Waals surface area contributed by atoms with E-state index in [4.69, 9.17) is 0 Å². The fraction of sp³-hybridized carbons (Fsp3) is 0.182. The van der Waals surface area contributed by atoms with E-state index in [1.54, 1.807) is 11.9 Å². The van der Waals surface area contributed by atoms with E-state index >= 15 is 0 Å². The van der Waals surface area contributed by atoms with Gasteiger partial charge in [-0.2, -0.15) is 0 Å². The lowest BCUT2D eigenvalue weighted by Crippen LogP contribution is -2.18. The molecule has 1 aliphatic rings. The van der Waals surface area contributed by atoms with Gasteiger partial charge in [-0.1, -0.05) is 42.3 Å². The summed E-state index contributed by atoms with van der Waals surface area (Å²) in [5.41, 5.74) is 2.52. The van der Waals surface area contributed by atoms with Crippen molar-refractivity contribution in [3.05, 3.63) is 42.1 Å². The molecule has 0 amide bonds. The van der Waals surface area contributed by atoms with Crippen LogP contribution < -0.4 is 0 Å². The zero-order valence-corrected chi connectivity index (χ0v) is 8.87. The summed E-state index contributed by atoms with van der Waals surface area (Å²) in [6.07, 6.45) is 5.85. The molecule has 0 radical (unpaired) electrons. The van der Waals surface area contributed by atoms with Crippen LogP contribution in [0.4, 0.5) is 0 Å². The molecule has 1 aromatic carbocycles. The van der Waals surface area contributed by atoms with Gasteiger partial charge in [0.1, 0.15) is 6.34 Å². The van der Waals surface area contributed by atoms with Crippen molar-refractivity contribution in [3.8, 4) is 0 Å². The first kappa shape index (κ1) is 9.34. The van der Waals surface area contributed by atoms with Gasteiger partial charge in [0.05, 0.1) is 6.54 Å². The Kier molecular flexibility index (Phi) is 2.89. The topological polar surface area (TPSA) is 15.6 Å². The Morgan fingerprint density at radius 2 is 2.07 bits per heavy atom. The van der Waals surface area contributed by atoms with Crippen LogP contribution in [-0.2, 0) is 0 Å². The first-order valence-corrected chi connectivity index (χ1v) is 5.67. The summed E-state index contributed by atoms with van der Waals surface area (Å²) in [6, 6.07) is 10.4. The molecule has 0 aromatic heterocycles. The van der Waals surface area contributed by atoms with Crippen LogP contribution in [0.2, 0.25) is 0 Å². The largest absolute Gasteiger partial charge is 0.302 e. The zero-order chi connectivity index (χ0) is 9.80. The number of rotatable bonds is 2. The first-order chi connectivity index (χ1) is 6.90. The Balaban J connectivity index is 2.21. The van der Waals surface area contributed by atoms with E-state index < -0.39 is 0 Å². The molecule has 2 nitrogen and oxygen atoms in total. The van der Waals surface area contributed by atoms with Gasteiger partial charge < -0.3 is 4.31 Å². The van der Waals surface area contributed by atoms with Crippen molar-refractivity contribution in [3.63, 3.8) is 0 Å². The predicted octanol–water partition coefficient (Wildman–Crippen LogP) is 2.65. The Labute approximate surface area is 88.5 Å². The van der Waals surface area contributed by atoms with Crippen molar-refractivity contribution < 1.29 is 0 Å². The summed E-state index contributed by atoms with van der Waals surface area (Å²) in [7, 11) is 0. The standard InChI is InChI=1S/C11H12N2S/c1-14-13-8-11(7-12-9-13)10-5-3-2-4-6-10/h2-7,9H,8H2,1H3. The normalized spacial score (nSPS) is 15.5. The van der Waals surface area contributed by atoms with Gasteiger partial charge in [-0.15, -0.1) is 0 Å². The van der Waals surface area contributed by atoms with E-state index in [1.807, 2.05) is 18.6 Å². The summed E-state index contributed by atoms with van der Waals surface area (Å²) in [6.45, 7) is 0.925. The molecule has 2 rings (SSSR count). The lowest BCUT2D eigenvalue weighted by atomic mass is 10.1. The van der Waals surface area contributed by atoms with Crippen LogP contribution in [0.3, 0.4) is 0 Å². The average Bonchev–Trinajstić information content (AvgIpc) is 2.30. The van der Waals surface area contributed by atoms with E-state index in [2.05, 4.69) is 39.8 Å². The van der Waals surface area contributed by atoms with Crippen LogP contribution in [0, 0.1) is 0 Å². The predicted molar refractivity (Wildman–Crippen MR) is 63.1 cm³/mol. The van der Waals surface area contributed by atoms with Crippen molar-refractivity contribution in [2.75, 3.05) is 12.8 Å². The highest BCUT2D eigenvalue weighted by Gasteiger charge is 2.08. The third-order valence-corrected chi connectivity index (χ3v) is 2.82. The zero-order valence-electron chi connectivity index (χ0n) is 8.05. The van der Waals surface area contributed by atoms with Gasteiger partial charge in [0.25, 0.3) is 0 Å². The Morgan fingerprint density at radius 3 is 2.79 bits per heavy atom. The number of hydrogen-bond donors (Lipinski definition) is 0. The minimum absolute atomic E-state index is 0.925. The molecule has 0 spiro atoms. The highest BCUT2D eigenvalue weighted by molar-refractivity contribution is 7.96. The van der Waals surface area contributed by atoms with Crippen molar-refractivity contribution in [1.29, 1.82) is 0 Å². The molecule has 0 unspecified atom stereocenters. The second-order valence-electron chi connectivity index (χ2n) is 3.04. The number of hydrogen-bond acceptors (Lipinski definition) is 3. The number of aliphatic imine (C=N–C) groups is 1. The SMILES string of the molecule is CSN1C=NC=C(c2ccccc2)C1. The second kappa shape index (κ2) is 4.33. The van der Waals surface area contributed by atoms with Crippen LogP contribution >= 0.6 is 11.9 Å². The second-order valence-corrected chi connectivity index (χ2v) is 3.88. The van der Waals surface area contributed by atoms with Gasteiger partial charge in [0.2, 0.25) is 0 Å². The molecule has 0 aliphatic carbocycles. The monoisotopic (exact) mass is 204 g/mol. The molecule has 0 fully saturated rings. The van der Waals surface area contributed by atoms with Crippen molar-refractivity contribution in [2.24, 2.45) is 4.99 Å². The maximum absolute atomic E-state index is 4.21. The molecule has 0 N–H and O–H groups in total. The third kappa shape index (κ3) is 1.99. The minimum Gasteiger partial charge on any atom is -0.302 e. The molecule has 3 heteroatoms. The molecule has 1 aromatic rings. The summed E-state index contributed by atoms with van der Waals surface area (Å²) in [4.78, 5) is 4.21. The smallest absolute Gasteiger partial charge is 0.101 e. The average molecular weight is 204 g/mol. The Hall–Kier alpha value is -1.22. The van der Waals surface area contributed by atoms with Gasteiger partial charge in [-0.05, 0) is 11.1 Å². The summed E-state index contributed by atoms with van der Waals surface area (Å²) < 4.78 is 2.11. The lowest BCUT2D eigenvalue weighted by Gasteiger charge is -2.20. The highest BCUT2D eigenvalue weighted by Crippen LogP contribution is 2.20. The molecule has 0 atom stereocenters. The summed E-state index contributed by atoms with van der Waals surface area (Å²) in [5, 5.41) is 0. The van der Waals surface area contributed by atoms with Crippen molar-refractivity contribution in [1.82, 2.24) is 4.31 Å². The van der Waals surface area contributed by atoms with Crippen LogP contribution in [0.15, 0.2) is 41.5 Å². The maximum Gasteiger partial charge on any atom is 0.101 e. The minimum atomic E-state index is 0.925. The van der Waals surface area contributed by atoms with Crippen LogP contribution in [-0.4, -0.2) is 23.4 Å². The molecule has 0 saturated heterocycles. The first-order valence-electron chi connectivity index (χ1n) is 4.48. The molecule has 14 heavy (non-hydrogen) atoms. The van der Waals surface area contributed by atoms with E-state index in [9.17, 15) is 0 Å². The summed E-state index contributed by atoms with van der Waals surface area (Å²) >= 11 is 1.69. The van der Waals surface area contributed by atoms with Gasteiger partial charge >= 0.3 is 0 Å². The van der Waals surface area contributed by atoms with Gasteiger partial charge in [-0.3, -0.25) is 0 Å². The van der Waals surface area contributed by atoms with Crippen LogP contribution in [0.5, 0.6) is 0 Å². The molecular weight excluding hydrogens is 192 g/mol. The molecule has 72 valence electrons. The van der Waals surface area contributed by atoms with Gasteiger partial charge in [-0.25, -0.2) is 4.99 Å². The number of benzene rings is 1. The van der Waals surface area contributed by atoms with Gasteiger partial charge in [0, 0.05) is 12.5 Å². The fourth-order valence-corrected chi connectivity index (χ4v) is 1.79. The van der Waals surface area contributed by atoms with E-state index in [0.29, 0.717) is 0 Å². The van der Waals surface area contributed by atoms with Crippen LogP contribution in [0.25, 0.3) is 5.57 Å². The lowest BCUT2D eigenvalue weighted by molar-refractivity contribution is 0.784. The number of nitrogens with zero attached hydrogens (tertiary/aromatic N) is 2. The third-order valence-electron chi connectivity index (χ3n) is 2.13. The molecule has 1 aliphatic heterocycles. The van der Waals surface area contributed by atoms with Crippen molar-refractivity contribution in [2.45, 2.75) is 0 Å². The summed E-state index contributed by atoms with van der Waals surface area (Å²) in [5.74, 6) is 0. The maximum atomic E-state index is 4.21. The molecule has 0 bridgehead atoms. The Bertz CT molecular complexity index is 357. The van der Waals surface area contributed by atoms with E-state index in [0.717, 1.165) is 6.54 Å². The quantitative estimate of drug-likeness (QED) is 0.688. The van der Waals surface area contributed by atoms with E-state index in [-0.39, 0.29) is 0 Å². The van der Waals surface area contributed by atoms with Gasteiger partial charge in [0.15, 0.2) is 0 Å².